The van der Waals surface area contributed by atoms with Crippen molar-refractivity contribution in [2.24, 2.45) is 9.98 Å². The highest BCUT2D eigenvalue weighted by molar-refractivity contribution is 5.69. The van der Waals surface area contributed by atoms with Crippen LogP contribution in [0.3, 0.4) is 0 Å². The maximum Gasteiger partial charge on any atom is 0.155 e. The molecule has 2 aromatic carbocycles. The number of benzene rings is 2. The Bertz CT molecular complexity index is 952. The van der Waals surface area contributed by atoms with Gasteiger partial charge in [-0.1, -0.05) is 0 Å². The van der Waals surface area contributed by atoms with Crippen molar-refractivity contribution in [2.75, 3.05) is 31.1 Å². The van der Waals surface area contributed by atoms with E-state index in [1.165, 1.54) is 17.7 Å². The third kappa shape index (κ3) is 2.08. The number of anilines is 1. The van der Waals surface area contributed by atoms with Gasteiger partial charge in [0.25, 0.3) is 0 Å². The van der Waals surface area contributed by atoms with Gasteiger partial charge in [-0.25, -0.2) is 4.99 Å². The molecule has 0 atom stereocenters. The minimum absolute atomic E-state index is 0.629. The van der Waals surface area contributed by atoms with Gasteiger partial charge in [-0.15, -0.1) is 0 Å². The van der Waals surface area contributed by atoms with E-state index in [0.29, 0.717) is 13.2 Å². The fourth-order valence-corrected chi connectivity index (χ4v) is 3.69. The molecule has 0 fully saturated rings. The third-order valence-corrected chi connectivity index (χ3v) is 4.89. The second kappa shape index (κ2) is 5.23. The molecule has 0 bridgehead atoms. The molecule has 2 aromatic rings. The maximum absolute atomic E-state index is 6.17. The van der Waals surface area contributed by atoms with Crippen molar-refractivity contribution >= 4 is 11.4 Å². The summed E-state index contributed by atoms with van der Waals surface area (Å²) >= 11 is 0. The summed E-state index contributed by atoms with van der Waals surface area (Å²) in [6, 6.07) is 8.20. The van der Waals surface area contributed by atoms with E-state index in [0.717, 1.165) is 53.2 Å². The van der Waals surface area contributed by atoms with Crippen LogP contribution >= 0.6 is 0 Å². The summed E-state index contributed by atoms with van der Waals surface area (Å²) in [5.41, 5.74) is 3.56. The van der Waals surface area contributed by atoms with Crippen LogP contribution in [0.15, 0.2) is 34.3 Å². The highest BCUT2D eigenvalue weighted by Crippen LogP contribution is 2.41. The summed E-state index contributed by atoms with van der Waals surface area (Å²) in [7, 11) is 0. The molecule has 5 nitrogen and oxygen atoms in total. The van der Waals surface area contributed by atoms with Crippen LogP contribution in [-0.4, -0.2) is 26.2 Å². The van der Waals surface area contributed by atoms with Gasteiger partial charge < -0.3 is 14.4 Å². The smallest absolute Gasteiger partial charge is 0.155 e. The minimum Gasteiger partial charge on any atom is -0.489 e. The summed E-state index contributed by atoms with van der Waals surface area (Å²) in [5, 5.41) is 1.67. The quantitative estimate of drug-likeness (QED) is 0.692. The van der Waals surface area contributed by atoms with Crippen LogP contribution < -0.4 is 25.1 Å². The maximum atomic E-state index is 6.17. The molecule has 3 heterocycles. The van der Waals surface area contributed by atoms with Gasteiger partial charge in [0.15, 0.2) is 11.5 Å². The first kappa shape index (κ1) is 13.8. The molecule has 0 N–H and O–H groups in total. The van der Waals surface area contributed by atoms with Crippen molar-refractivity contribution in [1.29, 1.82) is 0 Å². The molecule has 0 spiro atoms. The predicted molar refractivity (Wildman–Crippen MR) is 91.5 cm³/mol. The number of hydrogen-bond donors (Lipinski definition) is 0. The average Bonchev–Trinajstić information content (AvgIpc) is 2.62. The standard InChI is InChI=1S/C19H19N3O2/c1-2-22-6-3-4-12-8-14-19(11-16(12)22)24-18-9-13-17(10-15(18)21-14)23-7-5-20-13/h8-11H,2-7H2,1H3. The summed E-state index contributed by atoms with van der Waals surface area (Å²) in [4.78, 5) is 11.7. The normalized spacial score (nSPS) is 17.1. The van der Waals surface area contributed by atoms with Crippen molar-refractivity contribution in [3.05, 3.63) is 40.5 Å². The van der Waals surface area contributed by atoms with Crippen molar-refractivity contribution < 1.29 is 9.47 Å². The fraction of sp³-hybridized carbons (Fsp3) is 0.368. The first-order valence-electron chi connectivity index (χ1n) is 8.61. The van der Waals surface area contributed by atoms with Crippen LogP contribution in [0.25, 0.3) is 0 Å². The lowest BCUT2D eigenvalue weighted by molar-refractivity contribution is 0.308. The highest BCUT2D eigenvalue weighted by atomic mass is 16.5. The Hall–Kier alpha value is -2.56. The molecule has 5 heteroatoms. The lowest BCUT2D eigenvalue weighted by Crippen LogP contribution is -2.29. The minimum atomic E-state index is 0.629. The van der Waals surface area contributed by atoms with E-state index in [1.54, 1.807) is 0 Å². The molecule has 0 radical (unpaired) electrons. The van der Waals surface area contributed by atoms with Crippen LogP contribution in [0, 0.1) is 0 Å². The Morgan fingerprint density at radius 1 is 1.08 bits per heavy atom. The monoisotopic (exact) mass is 321 g/mol. The molecule has 0 amide bonds. The van der Waals surface area contributed by atoms with E-state index in [1.807, 2.05) is 12.1 Å². The Morgan fingerprint density at radius 2 is 2.00 bits per heavy atom. The predicted octanol–water partition coefficient (Wildman–Crippen LogP) is 2.53. The Balaban J connectivity index is 1.67. The van der Waals surface area contributed by atoms with E-state index in [4.69, 9.17) is 14.5 Å². The molecular formula is C19H19N3O2. The molecule has 3 aliphatic heterocycles. The topological polar surface area (TPSA) is 46.4 Å². The summed E-state index contributed by atoms with van der Waals surface area (Å²) in [6.07, 6.45) is 2.30. The number of ether oxygens (including phenoxy) is 2. The summed E-state index contributed by atoms with van der Waals surface area (Å²) in [6.45, 7) is 5.65. The second-order valence-corrected chi connectivity index (χ2v) is 6.36. The SMILES string of the molecule is CCN1CCCc2cc3c(cc21)Oc1cc2c(cc1=N3)OCCN=2. The number of hydrogen-bond acceptors (Lipinski definition) is 5. The molecular weight excluding hydrogens is 302 g/mol. The zero-order valence-corrected chi connectivity index (χ0v) is 13.7. The number of rotatable bonds is 1. The Morgan fingerprint density at radius 3 is 2.92 bits per heavy atom. The van der Waals surface area contributed by atoms with Crippen LogP contribution in [-0.2, 0) is 6.42 Å². The molecule has 3 aliphatic rings. The molecule has 24 heavy (non-hydrogen) atoms. The molecule has 0 saturated carbocycles. The van der Waals surface area contributed by atoms with Crippen LogP contribution in [0.5, 0.6) is 17.2 Å². The lowest BCUT2D eigenvalue weighted by atomic mass is 10.00. The summed E-state index contributed by atoms with van der Waals surface area (Å²) in [5.74, 6) is 2.39. The first-order valence-corrected chi connectivity index (χ1v) is 8.61. The number of nitrogens with zero attached hydrogens (tertiary/aromatic N) is 3. The fourth-order valence-electron chi connectivity index (χ4n) is 3.69. The van der Waals surface area contributed by atoms with Crippen LogP contribution in [0.4, 0.5) is 11.4 Å². The van der Waals surface area contributed by atoms with Gasteiger partial charge in [0.1, 0.15) is 28.8 Å². The summed E-state index contributed by atoms with van der Waals surface area (Å²) < 4.78 is 11.8. The van der Waals surface area contributed by atoms with Gasteiger partial charge in [0.2, 0.25) is 0 Å². The largest absolute Gasteiger partial charge is 0.489 e. The van der Waals surface area contributed by atoms with Gasteiger partial charge >= 0.3 is 0 Å². The molecule has 0 aliphatic carbocycles. The Labute approximate surface area is 140 Å². The van der Waals surface area contributed by atoms with Crippen molar-refractivity contribution in [3.8, 4) is 17.2 Å². The first-order chi connectivity index (χ1) is 11.8. The molecule has 0 saturated heterocycles. The molecule has 122 valence electrons. The van der Waals surface area contributed by atoms with Crippen molar-refractivity contribution in [2.45, 2.75) is 19.8 Å². The molecule has 0 aromatic heterocycles. The van der Waals surface area contributed by atoms with E-state index >= 15 is 0 Å². The van der Waals surface area contributed by atoms with Gasteiger partial charge in [-0.3, -0.25) is 4.99 Å². The van der Waals surface area contributed by atoms with Crippen molar-refractivity contribution in [1.82, 2.24) is 0 Å². The van der Waals surface area contributed by atoms with Crippen LogP contribution in [0.2, 0.25) is 0 Å². The second-order valence-electron chi connectivity index (χ2n) is 6.36. The van der Waals surface area contributed by atoms with Gasteiger partial charge in [0, 0.05) is 37.0 Å². The zero-order valence-electron chi connectivity index (χ0n) is 13.7. The van der Waals surface area contributed by atoms with E-state index in [-0.39, 0.29) is 0 Å². The lowest BCUT2D eigenvalue weighted by Gasteiger charge is -2.31. The number of fused-ring (bicyclic) bond motifs is 4. The third-order valence-electron chi connectivity index (χ3n) is 4.89. The molecule has 5 rings (SSSR count). The highest BCUT2D eigenvalue weighted by Gasteiger charge is 2.22. The van der Waals surface area contributed by atoms with Gasteiger partial charge in [-0.05, 0) is 31.4 Å². The molecule has 0 unspecified atom stereocenters. The van der Waals surface area contributed by atoms with E-state index < -0.39 is 0 Å². The van der Waals surface area contributed by atoms with Gasteiger partial charge in [-0.2, -0.15) is 0 Å². The Kier molecular flexibility index (Phi) is 3.01. The van der Waals surface area contributed by atoms with E-state index in [9.17, 15) is 0 Å². The zero-order chi connectivity index (χ0) is 16.1. The van der Waals surface area contributed by atoms with E-state index in [2.05, 4.69) is 28.9 Å². The average molecular weight is 321 g/mol. The van der Waals surface area contributed by atoms with Crippen molar-refractivity contribution in [3.63, 3.8) is 0 Å². The van der Waals surface area contributed by atoms with Gasteiger partial charge in [0.05, 0.1) is 6.54 Å². The van der Waals surface area contributed by atoms with Crippen LogP contribution in [0.1, 0.15) is 18.9 Å². The number of aryl methyl sites for hydroxylation is 1.